The van der Waals surface area contributed by atoms with E-state index >= 15 is 0 Å². The standard InChI is InChI=1S/C16H25NO2/c1-7-17(8-2)16(4,5)15(18)13-11-12(3)9-10-14(13)19-6/h9-11H,7-8H2,1-6H3. The van der Waals surface area contributed by atoms with Crippen LogP contribution in [0.25, 0.3) is 0 Å². The molecule has 0 spiro atoms. The first kappa shape index (κ1) is 15.7. The van der Waals surface area contributed by atoms with Crippen molar-refractivity contribution in [3.8, 4) is 5.75 Å². The molecule has 106 valence electrons. The monoisotopic (exact) mass is 263 g/mol. The largest absolute Gasteiger partial charge is 0.496 e. The lowest BCUT2D eigenvalue weighted by atomic mass is 9.90. The first-order valence-corrected chi connectivity index (χ1v) is 6.82. The number of ketones is 1. The number of carbonyl (C=O) groups is 1. The molecular weight excluding hydrogens is 238 g/mol. The van der Waals surface area contributed by atoms with E-state index in [4.69, 9.17) is 4.74 Å². The molecule has 0 aliphatic carbocycles. The van der Waals surface area contributed by atoms with Gasteiger partial charge < -0.3 is 4.74 Å². The highest BCUT2D eigenvalue weighted by Gasteiger charge is 2.34. The zero-order valence-corrected chi connectivity index (χ0v) is 12.9. The van der Waals surface area contributed by atoms with Gasteiger partial charge in [0.05, 0.1) is 18.2 Å². The lowest BCUT2D eigenvalue weighted by molar-refractivity contribution is 0.0665. The molecule has 0 aliphatic rings. The third kappa shape index (κ3) is 3.16. The Hall–Kier alpha value is -1.35. The van der Waals surface area contributed by atoms with Gasteiger partial charge in [0.1, 0.15) is 5.75 Å². The third-order valence-corrected chi connectivity index (χ3v) is 3.71. The van der Waals surface area contributed by atoms with Crippen molar-refractivity contribution in [1.82, 2.24) is 4.90 Å². The molecule has 0 N–H and O–H groups in total. The molecule has 0 bridgehead atoms. The minimum Gasteiger partial charge on any atom is -0.496 e. The Morgan fingerprint density at radius 3 is 2.32 bits per heavy atom. The van der Waals surface area contributed by atoms with E-state index in [1.807, 2.05) is 39.0 Å². The third-order valence-electron chi connectivity index (χ3n) is 3.71. The molecule has 19 heavy (non-hydrogen) atoms. The van der Waals surface area contributed by atoms with Gasteiger partial charge in [0, 0.05) is 0 Å². The van der Waals surface area contributed by atoms with Crippen LogP contribution >= 0.6 is 0 Å². The summed E-state index contributed by atoms with van der Waals surface area (Å²) in [5.41, 5.74) is 1.21. The summed E-state index contributed by atoms with van der Waals surface area (Å²) in [5, 5.41) is 0. The fourth-order valence-electron chi connectivity index (χ4n) is 2.49. The SMILES string of the molecule is CCN(CC)C(C)(C)C(=O)c1cc(C)ccc1OC. The number of benzene rings is 1. The molecule has 3 nitrogen and oxygen atoms in total. The summed E-state index contributed by atoms with van der Waals surface area (Å²) in [7, 11) is 1.60. The second-order valence-corrected chi connectivity index (χ2v) is 5.26. The summed E-state index contributed by atoms with van der Waals surface area (Å²) in [5.74, 6) is 0.757. The smallest absolute Gasteiger partial charge is 0.186 e. The van der Waals surface area contributed by atoms with Crippen LogP contribution < -0.4 is 4.74 Å². The Bertz CT molecular complexity index is 448. The van der Waals surface area contributed by atoms with Crippen molar-refractivity contribution in [3.63, 3.8) is 0 Å². The van der Waals surface area contributed by atoms with E-state index in [2.05, 4.69) is 18.7 Å². The molecule has 1 aromatic carbocycles. The molecule has 0 heterocycles. The Labute approximate surface area is 116 Å². The van der Waals surface area contributed by atoms with Crippen LogP contribution in [0.15, 0.2) is 18.2 Å². The van der Waals surface area contributed by atoms with Gasteiger partial charge in [-0.05, 0) is 46.0 Å². The van der Waals surface area contributed by atoms with Crippen LogP contribution in [-0.4, -0.2) is 36.4 Å². The molecule has 0 saturated heterocycles. The van der Waals surface area contributed by atoms with Crippen LogP contribution in [0.3, 0.4) is 0 Å². The molecule has 3 heteroatoms. The Kier molecular flexibility index (Phi) is 5.12. The number of aryl methyl sites for hydroxylation is 1. The highest BCUT2D eigenvalue weighted by atomic mass is 16.5. The van der Waals surface area contributed by atoms with Gasteiger partial charge in [-0.2, -0.15) is 0 Å². The number of Topliss-reactive ketones (excluding diaryl/α,β-unsaturated/α-hetero) is 1. The van der Waals surface area contributed by atoms with Crippen LogP contribution in [0.5, 0.6) is 5.75 Å². The topological polar surface area (TPSA) is 29.5 Å². The second kappa shape index (κ2) is 6.20. The zero-order chi connectivity index (χ0) is 14.6. The van der Waals surface area contributed by atoms with Crippen LogP contribution in [0.2, 0.25) is 0 Å². The first-order valence-electron chi connectivity index (χ1n) is 6.82. The van der Waals surface area contributed by atoms with E-state index in [1.165, 1.54) is 0 Å². The maximum absolute atomic E-state index is 12.8. The predicted molar refractivity (Wildman–Crippen MR) is 79.1 cm³/mol. The maximum Gasteiger partial charge on any atom is 0.186 e. The van der Waals surface area contributed by atoms with Crippen molar-refractivity contribution in [2.75, 3.05) is 20.2 Å². The van der Waals surface area contributed by atoms with Crippen molar-refractivity contribution in [3.05, 3.63) is 29.3 Å². The molecule has 0 fully saturated rings. The van der Waals surface area contributed by atoms with Gasteiger partial charge in [-0.25, -0.2) is 0 Å². The van der Waals surface area contributed by atoms with Crippen LogP contribution in [-0.2, 0) is 0 Å². The summed E-state index contributed by atoms with van der Waals surface area (Å²) >= 11 is 0. The summed E-state index contributed by atoms with van der Waals surface area (Å²) < 4.78 is 5.32. The average molecular weight is 263 g/mol. The second-order valence-electron chi connectivity index (χ2n) is 5.26. The highest BCUT2D eigenvalue weighted by molar-refractivity contribution is 6.05. The number of hydrogen-bond acceptors (Lipinski definition) is 3. The van der Waals surface area contributed by atoms with Crippen molar-refractivity contribution in [2.24, 2.45) is 0 Å². The van der Waals surface area contributed by atoms with Crippen molar-refractivity contribution < 1.29 is 9.53 Å². The molecule has 1 aromatic rings. The van der Waals surface area contributed by atoms with Gasteiger partial charge in [0.25, 0.3) is 0 Å². The molecule has 0 aromatic heterocycles. The Morgan fingerprint density at radius 1 is 1.26 bits per heavy atom. The highest BCUT2D eigenvalue weighted by Crippen LogP contribution is 2.27. The van der Waals surface area contributed by atoms with Gasteiger partial charge in [-0.1, -0.05) is 25.5 Å². The number of ether oxygens (including phenoxy) is 1. The van der Waals surface area contributed by atoms with E-state index in [-0.39, 0.29) is 5.78 Å². The van der Waals surface area contributed by atoms with Crippen molar-refractivity contribution >= 4 is 5.78 Å². The minimum atomic E-state index is -0.523. The fraction of sp³-hybridized carbons (Fsp3) is 0.562. The van der Waals surface area contributed by atoms with Crippen LogP contribution in [0.4, 0.5) is 0 Å². The number of hydrogen-bond donors (Lipinski definition) is 0. The predicted octanol–water partition coefficient (Wildman–Crippen LogP) is 3.31. The molecule has 0 saturated carbocycles. The maximum atomic E-state index is 12.8. The molecule has 0 aliphatic heterocycles. The summed E-state index contributed by atoms with van der Waals surface area (Å²) in [4.78, 5) is 15.0. The van der Waals surface area contributed by atoms with Crippen LogP contribution in [0.1, 0.15) is 43.6 Å². The number of methoxy groups -OCH3 is 1. The summed E-state index contributed by atoms with van der Waals surface area (Å²) in [6.45, 7) is 11.8. The minimum absolute atomic E-state index is 0.108. The van der Waals surface area contributed by atoms with Gasteiger partial charge in [0.15, 0.2) is 5.78 Å². The van der Waals surface area contributed by atoms with Gasteiger partial charge in [0.2, 0.25) is 0 Å². The van der Waals surface area contributed by atoms with Gasteiger partial charge in [-0.15, -0.1) is 0 Å². The van der Waals surface area contributed by atoms with Crippen molar-refractivity contribution in [1.29, 1.82) is 0 Å². The molecule has 0 radical (unpaired) electrons. The van der Waals surface area contributed by atoms with Crippen molar-refractivity contribution in [2.45, 2.75) is 40.2 Å². The van der Waals surface area contributed by atoms with E-state index in [9.17, 15) is 4.79 Å². The Morgan fingerprint density at radius 2 is 1.84 bits per heavy atom. The lowest BCUT2D eigenvalue weighted by Crippen LogP contribution is -2.50. The Balaban J connectivity index is 3.22. The molecule has 0 unspecified atom stereocenters. The fourth-order valence-corrected chi connectivity index (χ4v) is 2.49. The lowest BCUT2D eigenvalue weighted by Gasteiger charge is -2.36. The van der Waals surface area contributed by atoms with E-state index in [0.717, 1.165) is 18.7 Å². The zero-order valence-electron chi connectivity index (χ0n) is 12.9. The molecule has 0 atom stereocenters. The molecule has 0 amide bonds. The van der Waals surface area contributed by atoms with E-state index < -0.39 is 5.54 Å². The van der Waals surface area contributed by atoms with E-state index in [1.54, 1.807) is 7.11 Å². The number of carbonyl (C=O) groups excluding carboxylic acids is 1. The van der Waals surface area contributed by atoms with E-state index in [0.29, 0.717) is 11.3 Å². The average Bonchev–Trinajstić information content (AvgIpc) is 2.38. The summed E-state index contributed by atoms with van der Waals surface area (Å²) in [6.07, 6.45) is 0. The number of rotatable bonds is 6. The number of nitrogens with zero attached hydrogens (tertiary/aromatic N) is 1. The van der Waals surface area contributed by atoms with Gasteiger partial charge in [-0.3, -0.25) is 9.69 Å². The van der Waals surface area contributed by atoms with Gasteiger partial charge >= 0.3 is 0 Å². The number of likely N-dealkylation sites (N-methyl/N-ethyl adjacent to an activating group) is 1. The molecule has 1 rings (SSSR count). The first-order chi connectivity index (χ1) is 8.88. The summed E-state index contributed by atoms with van der Waals surface area (Å²) in [6, 6.07) is 5.73. The quantitative estimate of drug-likeness (QED) is 0.737. The van der Waals surface area contributed by atoms with Crippen LogP contribution in [0, 0.1) is 6.92 Å². The normalized spacial score (nSPS) is 11.7. The molecular formula is C16H25NO2.